The number of rotatable bonds is 2. The van der Waals surface area contributed by atoms with Crippen LogP contribution in [0.3, 0.4) is 0 Å². The summed E-state index contributed by atoms with van der Waals surface area (Å²) in [6.07, 6.45) is -0.728. The number of alkyl halides is 2. The number of carbonyl (C=O) groups excluding carboxylic acids is 2. The van der Waals surface area contributed by atoms with Gasteiger partial charge in [-0.1, -0.05) is 0 Å². The van der Waals surface area contributed by atoms with E-state index >= 15 is 0 Å². The lowest BCUT2D eigenvalue weighted by atomic mass is 9.83. The SMILES string of the molecule is COC(=O)C1(C(=O)N2CCC(F)(F)CC2)COC1. The van der Waals surface area contributed by atoms with Gasteiger partial charge < -0.3 is 14.4 Å². The lowest BCUT2D eigenvalue weighted by Crippen LogP contribution is -2.61. The number of nitrogens with zero attached hydrogens (tertiary/aromatic N) is 1. The molecule has 0 spiro atoms. The summed E-state index contributed by atoms with van der Waals surface area (Å²) in [6.45, 7) is -0.147. The number of likely N-dealkylation sites (tertiary alicyclic amines) is 1. The van der Waals surface area contributed by atoms with Crippen LogP contribution >= 0.6 is 0 Å². The number of piperidine rings is 1. The average molecular weight is 263 g/mol. The summed E-state index contributed by atoms with van der Waals surface area (Å²) < 4.78 is 35.5. The number of amides is 1. The molecule has 0 radical (unpaired) electrons. The van der Waals surface area contributed by atoms with Crippen LogP contribution in [0.1, 0.15) is 12.8 Å². The molecule has 0 bridgehead atoms. The van der Waals surface area contributed by atoms with Crippen molar-refractivity contribution in [1.82, 2.24) is 4.90 Å². The van der Waals surface area contributed by atoms with E-state index in [4.69, 9.17) is 4.74 Å². The zero-order chi connectivity index (χ0) is 13.4. The van der Waals surface area contributed by atoms with Crippen LogP contribution in [-0.2, 0) is 19.1 Å². The van der Waals surface area contributed by atoms with Crippen LogP contribution in [0.15, 0.2) is 0 Å². The van der Waals surface area contributed by atoms with Crippen molar-refractivity contribution >= 4 is 11.9 Å². The van der Waals surface area contributed by atoms with E-state index in [0.29, 0.717) is 0 Å². The molecule has 0 aromatic rings. The Balaban J connectivity index is 2.05. The van der Waals surface area contributed by atoms with Gasteiger partial charge in [-0.3, -0.25) is 9.59 Å². The van der Waals surface area contributed by atoms with E-state index in [1.165, 1.54) is 12.0 Å². The van der Waals surface area contributed by atoms with Crippen molar-refractivity contribution in [3.8, 4) is 0 Å². The molecule has 0 aromatic carbocycles. The van der Waals surface area contributed by atoms with Crippen LogP contribution in [0.5, 0.6) is 0 Å². The molecule has 0 aromatic heterocycles. The normalized spacial score (nSPS) is 25.2. The molecule has 2 rings (SSSR count). The maximum atomic E-state index is 13.0. The smallest absolute Gasteiger partial charge is 0.326 e. The van der Waals surface area contributed by atoms with E-state index < -0.39 is 23.2 Å². The molecule has 2 aliphatic heterocycles. The summed E-state index contributed by atoms with van der Waals surface area (Å²) in [5.41, 5.74) is -1.32. The van der Waals surface area contributed by atoms with Gasteiger partial charge in [0.25, 0.3) is 5.92 Å². The van der Waals surface area contributed by atoms with Crippen molar-refractivity contribution in [1.29, 1.82) is 0 Å². The summed E-state index contributed by atoms with van der Waals surface area (Å²) in [5.74, 6) is -3.84. The molecule has 7 heteroatoms. The second kappa shape index (κ2) is 4.46. The Hall–Kier alpha value is -1.24. The zero-order valence-corrected chi connectivity index (χ0v) is 10.1. The number of carbonyl (C=O) groups is 2. The maximum absolute atomic E-state index is 13.0. The number of hydrogen-bond donors (Lipinski definition) is 0. The Morgan fingerprint density at radius 3 is 2.17 bits per heavy atom. The van der Waals surface area contributed by atoms with E-state index in [9.17, 15) is 18.4 Å². The standard InChI is InChI=1S/C11H15F2NO4/c1-17-9(16)10(6-18-7-10)8(15)14-4-2-11(12,13)3-5-14/h2-7H2,1H3. The van der Waals surface area contributed by atoms with Gasteiger partial charge in [0.15, 0.2) is 5.41 Å². The lowest BCUT2D eigenvalue weighted by Gasteiger charge is -2.42. The number of esters is 1. The molecule has 18 heavy (non-hydrogen) atoms. The Bertz CT molecular complexity index is 358. The van der Waals surface area contributed by atoms with Crippen molar-refractivity contribution in [3.05, 3.63) is 0 Å². The summed E-state index contributed by atoms with van der Waals surface area (Å²) >= 11 is 0. The van der Waals surface area contributed by atoms with E-state index in [1.807, 2.05) is 0 Å². The first-order chi connectivity index (χ1) is 8.41. The van der Waals surface area contributed by atoms with Gasteiger partial charge in [-0.25, -0.2) is 8.78 Å². The second-order valence-corrected chi connectivity index (χ2v) is 4.71. The van der Waals surface area contributed by atoms with Crippen LogP contribution in [0.25, 0.3) is 0 Å². The van der Waals surface area contributed by atoms with Crippen LogP contribution < -0.4 is 0 Å². The minimum atomic E-state index is -2.72. The van der Waals surface area contributed by atoms with E-state index in [1.54, 1.807) is 0 Å². The minimum absolute atomic E-state index is 0.0363. The Morgan fingerprint density at radius 2 is 1.78 bits per heavy atom. The van der Waals surface area contributed by atoms with Gasteiger partial charge >= 0.3 is 5.97 Å². The first-order valence-corrected chi connectivity index (χ1v) is 5.75. The average Bonchev–Trinajstić information content (AvgIpc) is 2.27. The van der Waals surface area contributed by atoms with Crippen molar-refractivity contribution in [2.45, 2.75) is 18.8 Å². The molecule has 0 aliphatic carbocycles. The molecule has 0 unspecified atom stereocenters. The summed E-state index contributed by atoms with van der Waals surface area (Å²) in [5, 5.41) is 0. The largest absolute Gasteiger partial charge is 0.468 e. The minimum Gasteiger partial charge on any atom is -0.468 e. The molecule has 0 atom stereocenters. The van der Waals surface area contributed by atoms with Crippen molar-refractivity contribution in [2.75, 3.05) is 33.4 Å². The van der Waals surface area contributed by atoms with Crippen molar-refractivity contribution < 1.29 is 27.8 Å². The summed E-state index contributed by atoms with van der Waals surface area (Å²) in [4.78, 5) is 25.1. The molecule has 102 valence electrons. The van der Waals surface area contributed by atoms with Gasteiger partial charge in [0.1, 0.15) is 0 Å². The predicted molar refractivity (Wildman–Crippen MR) is 56.0 cm³/mol. The van der Waals surface area contributed by atoms with E-state index in [2.05, 4.69) is 4.74 Å². The number of halogens is 2. The highest BCUT2D eigenvalue weighted by molar-refractivity contribution is 6.04. The molecule has 2 aliphatic rings. The number of hydrogen-bond acceptors (Lipinski definition) is 4. The zero-order valence-electron chi connectivity index (χ0n) is 10.1. The van der Waals surface area contributed by atoms with Crippen LogP contribution in [0.2, 0.25) is 0 Å². The molecule has 5 nitrogen and oxygen atoms in total. The van der Waals surface area contributed by atoms with Gasteiger partial charge in [0.2, 0.25) is 5.91 Å². The van der Waals surface area contributed by atoms with Crippen LogP contribution in [0.4, 0.5) is 8.78 Å². The summed E-state index contributed by atoms with van der Waals surface area (Å²) in [7, 11) is 1.19. The molecule has 1 amide bonds. The maximum Gasteiger partial charge on any atom is 0.326 e. The Kier molecular flexibility index (Phi) is 3.27. The Morgan fingerprint density at radius 1 is 1.22 bits per heavy atom. The molecule has 0 N–H and O–H groups in total. The third-order valence-corrected chi connectivity index (χ3v) is 3.46. The molecule has 2 saturated heterocycles. The number of methoxy groups -OCH3 is 1. The fourth-order valence-corrected chi connectivity index (χ4v) is 2.17. The second-order valence-electron chi connectivity index (χ2n) is 4.71. The highest BCUT2D eigenvalue weighted by Crippen LogP contribution is 2.35. The van der Waals surface area contributed by atoms with Gasteiger partial charge in [0.05, 0.1) is 20.3 Å². The lowest BCUT2D eigenvalue weighted by molar-refractivity contribution is -0.195. The first-order valence-electron chi connectivity index (χ1n) is 5.75. The quantitative estimate of drug-likeness (QED) is 0.535. The summed E-state index contributed by atoms with van der Waals surface area (Å²) in [6, 6.07) is 0. The van der Waals surface area contributed by atoms with Gasteiger partial charge in [-0.15, -0.1) is 0 Å². The topological polar surface area (TPSA) is 55.8 Å². The molecule has 0 saturated carbocycles. The fourth-order valence-electron chi connectivity index (χ4n) is 2.17. The third kappa shape index (κ3) is 2.07. The molecular formula is C11H15F2NO4. The van der Waals surface area contributed by atoms with Crippen LogP contribution in [0, 0.1) is 5.41 Å². The number of ether oxygens (including phenoxy) is 2. The highest BCUT2D eigenvalue weighted by atomic mass is 19.3. The van der Waals surface area contributed by atoms with E-state index in [-0.39, 0.29) is 39.1 Å². The monoisotopic (exact) mass is 263 g/mol. The van der Waals surface area contributed by atoms with Crippen LogP contribution in [-0.4, -0.2) is 56.1 Å². The fraction of sp³-hybridized carbons (Fsp3) is 0.818. The third-order valence-electron chi connectivity index (χ3n) is 3.46. The molecule has 2 heterocycles. The van der Waals surface area contributed by atoms with Crippen molar-refractivity contribution in [2.24, 2.45) is 5.41 Å². The molecule has 2 fully saturated rings. The highest BCUT2D eigenvalue weighted by Gasteiger charge is 2.56. The molecular weight excluding hydrogens is 248 g/mol. The Labute approximate surface area is 103 Å². The predicted octanol–water partition coefficient (Wildman–Crippen LogP) is 0.434. The van der Waals surface area contributed by atoms with Crippen molar-refractivity contribution in [3.63, 3.8) is 0 Å². The van der Waals surface area contributed by atoms with Gasteiger partial charge in [-0.2, -0.15) is 0 Å². The van der Waals surface area contributed by atoms with E-state index in [0.717, 1.165) is 0 Å². The van der Waals surface area contributed by atoms with Gasteiger partial charge in [0, 0.05) is 25.9 Å². The first kappa shape index (κ1) is 13.2. The van der Waals surface area contributed by atoms with Gasteiger partial charge in [-0.05, 0) is 0 Å².